The van der Waals surface area contributed by atoms with E-state index in [1.165, 1.54) is 23.7 Å². The highest BCUT2D eigenvalue weighted by Crippen LogP contribution is 2.63. The second-order valence-electron chi connectivity index (χ2n) is 6.51. The maximum atomic E-state index is 1.78. The molecule has 4 rings (SSSR count). The Bertz CT molecular complexity index is 194. The van der Waals surface area contributed by atoms with Crippen LogP contribution in [0.5, 0.6) is 0 Å². The second-order valence-corrected chi connectivity index (χ2v) is 11.1. The third-order valence-electron chi connectivity index (χ3n) is 5.93. The Morgan fingerprint density at radius 3 is 1.08 bits per heavy atom. The van der Waals surface area contributed by atoms with Crippen molar-refractivity contribution in [3.63, 3.8) is 0 Å². The Balaban J connectivity index is 1.59. The molecule has 0 radical (unpaired) electrons. The fourth-order valence-corrected chi connectivity index (χ4v) is 12.7. The van der Waals surface area contributed by atoms with Gasteiger partial charge >= 0.3 is 0 Å². The van der Waals surface area contributed by atoms with Gasteiger partial charge < -0.3 is 0 Å². The van der Waals surface area contributed by atoms with E-state index >= 15 is 0 Å². The number of hydrogen-bond donors (Lipinski definition) is 0. The highest BCUT2D eigenvalue weighted by molar-refractivity contribution is 6.81. The van der Waals surface area contributed by atoms with Crippen molar-refractivity contribution in [1.29, 1.82) is 0 Å². The fourth-order valence-electron chi connectivity index (χ4n) is 5.08. The first kappa shape index (κ1) is 7.50. The molecule has 0 amide bonds. The summed E-state index contributed by atoms with van der Waals surface area (Å²) >= 11 is 0. The Labute approximate surface area is 82.1 Å². The van der Waals surface area contributed by atoms with Gasteiger partial charge in [-0.2, -0.15) is 0 Å². The quantitative estimate of drug-likeness (QED) is 0.515. The van der Waals surface area contributed by atoms with Crippen LogP contribution in [0.1, 0.15) is 25.7 Å². The lowest BCUT2D eigenvalue weighted by Gasteiger charge is -2.29. The zero-order chi connectivity index (χ0) is 8.47. The van der Waals surface area contributed by atoms with Crippen molar-refractivity contribution in [3.05, 3.63) is 0 Å². The molecule has 0 aromatic heterocycles. The number of rotatable bonds is 0. The Morgan fingerprint density at radius 1 is 0.538 bits per heavy atom. The van der Waals surface area contributed by atoms with Crippen LogP contribution >= 0.6 is 0 Å². The van der Waals surface area contributed by atoms with Gasteiger partial charge in [-0.3, -0.25) is 0 Å². The van der Waals surface area contributed by atoms with E-state index in [9.17, 15) is 0 Å². The minimum Gasteiger partial charge on any atom is -0.0540 e. The van der Waals surface area contributed by atoms with Gasteiger partial charge in [-0.05, 0) is 23.7 Å². The predicted molar refractivity (Wildman–Crippen MR) is 57.4 cm³/mol. The van der Waals surface area contributed by atoms with Gasteiger partial charge in [-0.1, -0.05) is 49.9 Å². The lowest BCUT2D eigenvalue weighted by molar-refractivity contribution is 0.238. The molecule has 13 heavy (non-hydrogen) atoms. The van der Waals surface area contributed by atoms with Crippen molar-refractivity contribution in [1.82, 2.24) is 0 Å². The number of fused-ring (bicyclic) bond motifs is 2. The Hall–Kier alpha value is 0.217. The first-order valence-corrected chi connectivity index (χ1v) is 9.18. The van der Waals surface area contributed by atoms with Crippen LogP contribution in [0.4, 0.5) is 0 Å². The molecule has 2 aliphatic carbocycles. The topological polar surface area (TPSA) is 0 Å². The van der Waals surface area contributed by atoms with Gasteiger partial charge in [0.1, 0.15) is 0 Å². The summed E-state index contributed by atoms with van der Waals surface area (Å²) in [7, 11) is -0.596. The molecule has 4 aliphatic rings. The van der Waals surface area contributed by atoms with Crippen molar-refractivity contribution < 1.29 is 0 Å². The maximum Gasteiger partial charge on any atom is 0.0547 e. The summed E-state index contributed by atoms with van der Waals surface area (Å²) in [5.74, 6) is 5.02. The summed E-state index contributed by atoms with van der Waals surface area (Å²) in [6.07, 6.45) is 6.48. The van der Waals surface area contributed by atoms with E-state index in [0.717, 1.165) is 0 Å². The van der Waals surface area contributed by atoms with Crippen LogP contribution in [0.2, 0.25) is 24.2 Å². The van der Waals surface area contributed by atoms with Crippen molar-refractivity contribution in [2.75, 3.05) is 0 Å². The molecule has 1 heteroatoms. The molecule has 0 unspecified atom stereocenters. The van der Waals surface area contributed by atoms with Crippen LogP contribution in [0.25, 0.3) is 0 Å². The van der Waals surface area contributed by atoms with Gasteiger partial charge in [0.15, 0.2) is 0 Å². The number of hydrogen-bond acceptors (Lipinski definition) is 0. The van der Waals surface area contributed by atoms with E-state index in [-0.39, 0.29) is 0 Å². The molecule has 4 atom stereocenters. The first-order valence-electron chi connectivity index (χ1n) is 6.35. The monoisotopic (exact) mass is 192 g/mol. The molecule has 2 heterocycles. The zero-order valence-electron chi connectivity index (χ0n) is 8.47. The van der Waals surface area contributed by atoms with Crippen LogP contribution in [-0.4, -0.2) is 8.07 Å². The van der Waals surface area contributed by atoms with Crippen molar-refractivity contribution in [3.8, 4) is 0 Å². The molecule has 2 saturated carbocycles. The lowest BCUT2D eigenvalue weighted by Crippen LogP contribution is -2.25. The smallest absolute Gasteiger partial charge is 0.0540 e. The molecule has 4 fully saturated rings. The molecular formula is C12H20Si. The van der Waals surface area contributed by atoms with Crippen molar-refractivity contribution in [2.24, 2.45) is 23.7 Å². The minimum absolute atomic E-state index is 0.596. The normalized spacial score (nSPS) is 55.4. The van der Waals surface area contributed by atoms with Crippen LogP contribution in [0.15, 0.2) is 0 Å². The van der Waals surface area contributed by atoms with E-state index in [1.54, 1.807) is 49.9 Å². The summed E-state index contributed by atoms with van der Waals surface area (Å²) in [6.45, 7) is 0. The minimum atomic E-state index is -0.596. The second kappa shape index (κ2) is 2.24. The summed E-state index contributed by atoms with van der Waals surface area (Å²) in [6, 6.07) is 7.13. The molecule has 0 N–H and O–H groups in total. The van der Waals surface area contributed by atoms with Gasteiger partial charge in [-0.25, -0.2) is 0 Å². The van der Waals surface area contributed by atoms with E-state index < -0.39 is 8.07 Å². The predicted octanol–water partition coefficient (Wildman–Crippen LogP) is 3.51. The molecule has 0 aromatic carbocycles. The molecule has 0 aromatic rings. The third kappa shape index (κ3) is 0.873. The summed E-state index contributed by atoms with van der Waals surface area (Å²) in [5.41, 5.74) is 0. The van der Waals surface area contributed by atoms with E-state index in [4.69, 9.17) is 0 Å². The van der Waals surface area contributed by atoms with Crippen molar-refractivity contribution in [2.45, 2.75) is 49.9 Å². The molecular weight excluding hydrogens is 172 g/mol. The molecule has 2 aliphatic heterocycles. The summed E-state index contributed by atoms with van der Waals surface area (Å²) < 4.78 is 0. The maximum absolute atomic E-state index is 1.78. The molecule has 72 valence electrons. The first-order chi connectivity index (χ1) is 6.35. The Kier molecular flexibility index (Phi) is 1.29. The fraction of sp³-hybridized carbons (Fsp3) is 1.00. The van der Waals surface area contributed by atoms with E-state index in [2.05, 4.69) is 0 Å². The van der Waals surface area contributed by atoms with Crippen LogP contribution in [-0.2, 0) is 0 Å². The average molecular weight is 192 g/mol. The largest absolute Gasteiger partial charge is 0.0547 e. The SMILES string of the molecule is C1C[C@H]2C[Si]3(C[C@@H]12)C[C@H]1CC[C@H]1C3. The molecule has 0 nitrogen and oxygen atoms in total. The standard InChI is InChI=1S/C12H20Si/c1-2-10-6-13(5-9(1)10)7-11-3-4-12(11)8-13/h9-12H,1-8H2/t9-,10+,11-,12+,13?. The molecule has 0 bridgehead atoms. The summed E-state index contributed by atoms with van der Waals surface area (Å²) in [4.78, 5) is 0. The van der Waals surface area contributed by atoms with Gasteiger partial charge in [0.25, 0.3) is 0 Å². The molecule has 1 spiro atoms. The van der Waals surface area contributed by atoms with Gasteiger partial charge in [-0.15, -0.1) is 0 Å². The van der Waals surface area contributed by atoms with Crippen LogP contribution in [0, 0.1) is 23.7 Å². The van der Waals surface area contributed by atoms with E-state index in [1.807, 2.05) is 0 Å². The van der Waals surface area contributed by atoms with Crippen LogP contribution < -0.4 is 0 Å². The van der Waals surface area contributed by atoms with Crippen molar-refractivity contribution >= 4 is 8.07 Å². The van der Waals surface area contributed by atoms with Crippen LogP contribution in [0.3, 0.4) is 0 Å². The Morgan fingerprint density at radius 2 is 0.846 bits per heavy atom. The third-order valence-corrected chi connectivity index (χ3v) is 11.5. The van der Waals surface area contributed by atoms with Gasteiger partial charge in [0, 0.05) is 0 Å². The van der Waals surface area contributed by atoms with E-state index in [0.29, 0.717) is 0 Å². The average Bonchev–Trinajstić information content (AvgIpc) is 2.46. The van der Waals surface area contributed by atoms with Gasteiger partial charge in [0.2, 0.25) is 0 Å². The van der Waals surface area contributed by atoms with Gasteiger partial charge in [0.05, 0.1) is 8.07 Å². The highest BCUT2D eigenvalue weighted by atomic mass is 28.3. The molecule has 2 saturated heterocycles. The highest BCUT2D eigenvalue weighted by Gasteiger charge is 2.57. The zero-order valence-corrected chi connectivity index (χ0v) is 9.47. The summed E-state index contributed by atoms with van der Waals surface area (Å²) in [5, 5.41) is 0. The lowest BCUT2D eigenvalue weighted by atomic mass is 9.77.